The number of ether oxygens (including phenoxy) is 3. The minimum Gasteiger partial charge on any atom is -0.382 e. The first-order valence-electron chi connectivity index (χ1n) is 8.88. The van der Waals surface area contributed by atoms with Crippen molar-refractivity contribution < 1.29 is 14.2 Å². The highest BCUT2D eigenvalue weighted by Gasteiger charge is 2.33. The maximum atomic E-state index is 5.68. The van der Waals surface area contributed by atoms with Crippen molar-refractivity contribution in [1.82, 2.24) is 10.2 Å². The second-order valence-electron chi connectivity index (χ2n) is 6.57. The molecule has 0 aromatic heterocycles. The highest BCUT2D eigenvalue weighted by Crippen LogP contribution is 2.33. The molecule has 7 heteroatoms. The van der Waals surface area contributed by atoms with E-state index >= 15 is 0 Å². The highest BCUT2D eigenvalue weighted by molar-refractivity contribution is 8.00. The molecule has 0 radical (unpaired) electrons. The molecule has 24 heavy (non-hydrogen) atoms. The predicted octanol–water partition coefficient (Wildman–Crippen LogP) is 1.46. The summed E-state index contributed by atoms with van der Waals surface area (Å²) in [6, 6.07) is 0. The smallest absolute Gasteiger partial charge is 0.193 e. The molecule has 2 aliphatic rings. The number of nitrogens with one attached hydrogen (secondary N) is 1. The van der Waals surface area contributed by atoms with Gasteiger partial charge in [-0.15, -0.1) is 0 Å². The molecule has 2 aliphatic heterocycles. The molecular formula is C17H33N3O3S. The van der Waals surface area contributed by atoms with Crippen molar-refractivity contribution in [3.63, 3.8) is 0 Å². The van der Waals surface area contributed by atoms with Crippen LogP contribution >= 0.6 is 11.8 Å². The van der Waals surface area contributed by atoms with Gasteiger partial charge in [-0.05, 0) is 25.5 Å². The molecule has 0 amide bonds. The third kappa shape index (κ3) is 5.79. The van der Waals surface area contributed by atoms with E-state index in [9.17, 15) is 0 Å². The number of nitrogens with zero attached hydrogens (tertiary/aromatic N) is 2. The lowest BCUT2D eigenvalue weighted by molar-refractivity contribution is 0.0536. The van der Waals surface area contributed by atoms with Gasteiger partial charge in [-0.1, -0.05) is 0 Å². The van der Waals surface area contributed by atoms with Crippen LogP contribution in [0.15, 0.2) is 4.99 Å². The van der Waals surface area contributed by atoms with Crippen LogP contribution < -0.4 is 5.32 Å². The zero-order chi connectivity index (χ0) is 17.3. The van der Waals surface area contributed by atoms with Gasteiger partial charge in [0.05, 0.1) is 19.8 Å². The summed E-state index contributed by atoms with van der Waals surface area (Å²) < 4.78 is 16.5. The molecule has 0 spiro atoms. The molecule has 0 bridgehead atoms. The molecular weight excluding hydrogens is 326 g/mol. The quantitative estimate of drug-likeness (QED) is 0.402. The Morgan fingerprint density at radius 2 is 2.17 bits per heavy atom. The second kappa shape index (κ2) is 10.5. The highest BCUT2D eigenvalue weighted by atomic mass is 32.2. The van der Waals surface area contributed by atoms with Crippen LogP contribution in [0.5, 0.6) is 0 Å². The molecule has 0 saturated carbocycles. The van der Waals surface area contributed by atoms with Crippen molar-refractivity contribution >= 4 is 17.7 Å². The Labute approximate surface area is 150 Å². The molecule has 2 heterocycles. The van der Waals surface area contributed by atoms with E-state index in [1.165, 1.54) is 0 Å². The van der Waals surface area contributed by atoms with Crippen LogP contribution in [0.3, 0.4) is 0 Å². The van der Waals surface area contributed by atoms with E-state index in [0.717, 1.165) is 64.7 Å². The number of aliphatic imine (C=N–C) groups is 1. The third-order valence-corrected chi connectivity index (χ3v) is 6.41. The van der Waals surface area contributed by atoms with E-state index in [2.05, 4.69) is 21.5 Å². The Morgan fingerprint density at radius 3 is 2.83 bits per heavy atom. The van der Waals surface area contributed by atoms with Crippen LogP contribution in [-0.4, -0.2) is 88.7 Å². The van der Waals surface area contributed by atoms with Gasteiger partial charge in [0.2, 0.25) is 0 Å². The Balaban J connectivity index is 1.75. The van der Waals surface area contributed by atoms with E-state index in [0.29, 0.717) is 19.1 Å². The van der Waals surface area contributed by atoms with Gasteiger partial charge < -0.3 is 24.4 Å². The second-order valence-corrected chi connectivity index (χ2v) is 7.84. The summed E-state index contributed by atoms with van der Waals surface area (Å²) in [5.41, 5.74) is 0. The minimum absolute atomic E-state index is 0.274. The molecule has 1 N–H and O–H groups in total. The van der Waals surface area contributed by atoms with Gasteiger partial charge in [0, 0.05) is 57.7 Å². The van der Waals surface area contributed by atoms with Crippen LogP contribution in [0.1, 0.15) is 19.3 Å². The number of hydrogen-bond acceptors (Lipinski definition) is 5. The first kappa shape index (κ1) is 19.8. The summed E-state index contributed by atoms with van der Waals surface area (Å²) in [6.45, 7) is 6.91. The fourth-order valence-electron chi connectivity index (χ4n) is 3.32. The Bertz CT molecular complexity index is 389. The van der Waals surface area contributed by atoms with Gasteiger partial charge in [0.15, 0.2) is 5.96 Å². The largest absolute Gasteiger partial charge is 0.382 e. The molecule has 0 aromatic rings. The fraction of sp³-hybridized carbons (Fsp3) is 0.941. The summed E-state index contributed by atoms with van der Waals surface area (Å²) >= 11 is 1.96. The Morgan fingerprint density at radius 1 is 1.38 bits per heavy atom. The number of methoxy groups -OCH3 is 1. The third-order valence-electron chi connectivity index (χ3n) is 4.99. The van der Waals surface area contributed by atoms with Crippen LogP contribution in [0, 0.1) is 5.92 Å². The predicted molar refractivity (Wildman–Crippen MR) is 100 cm³/mol. The van der Waals surface area contributed by atoms with Gasteiger partial charge in [0.25, 0.3) is 0 Å². The summed E-state index contributed by atoms with van der Waals surface area (Å²) in [7, 11) is 3.58. The summed E-state index contributed by atoms with van der Waals surface area (Å²) in [6.07, 6.45) is 5.58. The van der Waals surface area contributed by atoms with Gasteiger partial charge in [0.1, 0.15) is 0 Å². The molecule has 1 atom stereocenters. The molecule has 2 fully saturated rings. The van der Waals surface area contributed by atoms with E-state index < -0.39 is 0 Å². The molecule has 0 aromatic carbocycles. The number of thioether (sulfide) groups is 1. The van der Waals surface area contributed by atoms with Crippen LogP contribution in [-0.2, 0) is 14.2 Å². The maximum absolute atomic E-state index is 5.68. The zero-order valence-corrected chi connectivity index (χ0v) is 16.2. The van der Waals surface area contributed by atoms with Crippen LogP contribution in [0.25, 0.3) is 0 Å². The molecule has 0 aliphatic carbocycles. The molecule has 1 unspecified atom stereocenters. The zero-order valence-electron chi connectivity index (χ0n) is 15.4. The summed E-state index contributed by atoms with van der Waals surface area (Å²) in [5, 5.41) is 3.61. The molecule has 2 rings (SSSR count). The monoisotopic (exact) mass is 359 g/mol. The average molecular weight is 360 g/mol. The van der Waals surface area contributed by atoms with Crippen LogP contribution in [0.4, 0.5) is 0 Å². The minimum atomic E-state index is 0.274. The van der Waals surface area contributed by atoms with Crippen molar-refractivity contribution in [2.24, 2.45) is 10.9 Å². The summed E-state index contributed by atoms with van der Waals surface area (Å²) in [5.74, 6) is 1.60. The Hall–Kier alpha value is -0.500. The molecule has 2 saturated heterocycles. The molecule has 140 valence electrons. The van der Waals surface area contributed by atoms with E-state index in [1.807, 2.05) is 18.8 Å². The van der Waals surface area contributed by atoms with Gasteiger partial charge in [-0.25, -0.2) is 0 Å². The Kier molecular flexibility index (Phi) is 8.66. The number of guanidine groups is 1. The lowest BCUT2D eigenvalue weighted by atomic mass is 9.99. The van der Waals surface area contributed by atoms with Crippen molar-refractivity contribution in [2.45, 2.75) is 24.0 Å². The average Bonchev–Trinajstić information content (AvgIpc) is 3.09. The molecule has 6 nitrogen and oxygen atoms in total. The first-order valence-corrected chi connectivity index (χ1v) is 10.1. The SMILES string of the molecule is CN=C(NCC1(SC)CCOCC1)N1CCC(COCCOC)C1. The fourth-order valence-corrected chi connectivity index (χ4v) is 4.11. The van der Waals surface area contributed by atoms with Gasteiger partial charge in [-0.3, -0.25) is 4.99 Å². The van der Waals surface area contributed by atoms with E-state index in [1.54, 1.807) is 7.11 Å². The van der Waals surface area contributed by atoms with Gasteiger partial charge in [-0.2, -0.15) is 11.8 Å². The lowest BCUT2D eigenvalue weighted by Gasteiger charge is -2.37. The van der Waals surface area contributed by atoms with Crippen molar-refractivity contribution in [3.05, 3.63) is 0 Å². The van der Waals surface area contributed by atoms with Crippen molar-refractivity contribution in [3.8, 4) is 0 Å². The number of rotatable bonds is 8. The van der Waals surface area contributed by atoms with E-state index in [-0.39, 0.29) is 4.75 Å². The number of likely N-dealkylation sites (tertiary alicyclic amines) is 1. The van der Waals surface area contributed by atoms with Crippen molar-refractivity contribution in [2.75, 3.05) is 73.1 Å². The standard InChI is InChI=1S/C17H33N3O3S/c1-18-16(19-14-17(24-3)5-8-22-9-6-17)20-7-4-15(12-20)13-23-11-10-21-2/h15H,4-14H2,1-3H3,(H,18,19). The van der Waals surface area contributed by atoms with E-state index in [4.69, 9.17) is 14.2 Å². The lowest BCUT2D eigenvalue weighted by Crippen LogP contribution is -2.48. The van der Waals surface area contributed by atoms with Crippen LogP contribution in [0.2, 0.25) is 0 Å². The maximum Gasteiger partial charge on any atom is 0.193 e. The normalized spacial score (nSPS) is 24.4. The number of hydrogen-bond donors (Lipinski definition) is 1. The topological polar surface area (TPSA) is 55.3 Å². The van der Waals surface area contributed by atoms with Gasteiger partial charge >= 0.3 is 0 Å². The first-order chi connectivity index (χ1) is 11.7. The summed E-state index contributed by atoms with van der Waals surface area (Å²) in [4.78, 5) is 6.85. The van der Waals surface area contributed by atoms with Crippen molar-refractivity contribution in [1.29, 1.82) is 0 Å².